The minimum absolute atomic E-state index is 0.0300. The molecule has 1 aromatic heterocycles. The van der Waals surface area contributed by atoms with Crippen molar-refractivity contribution in [3.05, 3.63) is 77.6 Å². The third-order valence-electron chi connectivity index (χ3n) is 8.46. The molecule has 5 rings (SSSR count). The van der Waals surface area contributed by atoms with E-state index in [0.717, 1.165) is 5.56 Å². The van der Waals surface area contributed by atoms with Gasteiger partial charge in [0.15, 0.2) is 0 Å². The number of amides is 5. The number of nitrogens with zero attached hydrogens (tertiary/aromatic N) is 5. The van der Waals surface area contributed by atoms with E-state index < -0.39 is 30.0 Å². The Bertz CT molecular complexity index is 1650. The average molecular weight is 689 g/mol. The molecule has 0 radical (unpaired) electrons. The van der Waals surface area contributed by atoms with Gasteiger partial charge in [-0.1, -0.05) is 61.5 Å². The monoisotopic (exact) mass is 688 g/mol. The molecule has 50 heavy (non-hydrogen) atoms. The summed E-state index contributed by atoms with van der Waals surface area (Å²) in [6.07, 6.45) is 1.86. The summed E-state index contributed by atoms with van der Waals surface area (Å²) in [7, 11) is 0. The van der Waals surface area contributed by atoms with Crippen LogP contribution in [-0.2, 0) is 49.7 Å². The lowest BCUT2D eigenvalue weighted by atomic mass is 10.0. The molecule has 15 heteroatoms. The van der Waals surface area contributed by atoms with Gasteiger partial charge in [0.05, 0.1) is 25.2 Å². The molecular weight excluding hydrogens is 644 g/mol. The molecule has 1 saturated heterocycles. The maximum absolute atomic E-state index is 13.7. The second-order valence-electron chi connectivity index (χ2n) is 12.6. The van der Waals surface area contributed by atoms with Crippen LogP contribution in [0.2, 0.25) is 0 Å². The molecule has 15 nitrogen and oxygen atoms in total. The number of hydrogen-bond donors (Lipinski definition) is 3. The van der Waals surface area contributed by atoms with Crippen molar-refractivity contribution in [2.75, 3.05) is 45.9 Å². The lowest BCUT2D eigenvalue weighted by Crippen LogP contribution is -2.56. The fourth-order valence-electron chi connectivity index (χ4n) is 5.71. The summed E-state index contributed by atoms with van der Waals surface area (Å²) >= 11 is 0. The Balaban J connectivity index is 1.37. The number of aromatic nitrogens is 3. The summed E-state index contributed by atoms with van der Waals surface area (Å²) < 4.78 is 12.6. The zero-order chi connectivity index (χ0) is 35.5. The van der Waals surface area contributed by atoms with E-state index in [4.69, 9.17) is 9.47 Å². The van der Waals surface area contributed by atoms with E-state index in [2.05, 4.69) is 26.3 Å². The van der Waals surface area contributed by atoms with Gasteiger partial charge in [-0.25, -0.2) is 9.48 Å². The van der Waals surface area contributed by atoms with Gasteiger partial charge in [0.1, 0.15) is 37.6 Å². The summed E-state index contributed by atoms with van der Waals surface area (Å²) in [6.45, 7) is 5.23. The number of cyclic esters (lactones) is 1. The number of fused-ring (bicyclic) bond motifs is 4. The van der Waals surface area contributed by atoms with Gasteiger partial charge < -0.3 is 30.3 Å². The van der Waals surface area contributed by atoms with Crippen molar-refractivity contribution in [2.24, 2.45) is 5.92 Å². The SMILES string of the molecule is CC(C)[C@H]1NC(=O)Cc2cccc(c2)OCCn2cc(nn2)CCN(C(=O)CN2CCOC2=O)CCNC(=O)[C@H](Cc2ccccc2)NC1=O. The van der Waals surface area contributed by atoms with Gasteiger partial charge in [-0.05, 0) is 29.2 Å². The summed E-state index contributed by atoms with van der Waals surface area (Å²) in [5, 5.41) is 17.0. The maximum atomic E-state index is 13.7. The van der Waals surface area contributed by atoms with Crippen LogP contribution in [0.5, 0.6) is 5.75 Å². The second-order valence-corrected chi connectivity index (χ2v) is 12.6. The van der Waals surface area contributed by atoms with Crippen LogP contribution in [0, 0.1) is 5.92 Å². The quantitative estimate of drug-likeness (QED) is 0.349. The van der Waals surface area contributed by atoms with Crippen LogP contribution in [0.1, 0.15) is 30.7 Å². The molecule has 2 aliphatic heterocycles. The summed E-state index contributed by atoms with van der Waals surface area (Å²) in [6, 6.07) is 14.6. The van der Waals surface area contributed by atoms with Crippen molar-refractivity contribution in [3.63, 3.8) is 0 Å². The van der Waals surface area contributed by atoms with Gasteiger partial charge in [0.25, 0.3) is 0 Å². The molecule has 0 spiro atoms. The predicted molar refractivity (Wildman–Crippen MR) is 181 cm³/mol. The number of carbonyl (C=O) groups excluding carboxylic acids is 5. The highest BCUT2D eigenvalue weighted by atomic mass is 16.6. The summed E-state index contributed by atoms with van der Waals surface area (Å²) in [5.74, 6) is -1.27. The van der Waals surface area contributed by atoms with Gasteiger partial charge in [-0.15, -0.1) is 5.10 Å². The number of carbonyl (C=O) groups is 5. The first-order chi connectivity index (χ1) is 24.1. The zero-order valence-electron chi connectivity index (χ0n) is 28.4. The van der Waals surface area contributed by atoms with E-state index in [0.29, 0.717) is 43.1 Å². The first-order valence-electron chi connectivity index (χ1n) is 16.9. The van der Waals surface area contributed by atoms with Gasteiger partial charge in [-0.2, -0.15) is 0 Å². The number of benzene rings is 2. The molecule has 2 atom stereocenters. The highest BCUT2D eigenvalue weighted by molar-refractivity contribution is 5.92. The second kappa shape index (κ2) is 17.3. The third kappa shape index (κ3) is 10.3. The first-order valence-corrected chi connectivity index (χ1v) is 16.9. The first kappa shape index (κ1) is 35.8. The Morgan fingerprint density at radius 2 is 1.72 bits per heavy atom. The van der Waals surface area contributed by atoms with E-state index in [9.17, 15) is 24.0 Å². The normalized spacial score (nSPS) is 20.0. The molecule has 5 amide bonds. The predicted octanol–water partition coefficient (Wildman–Crippen LogP) is 0.721. The number of rotatable bonds is 5. The molecule has 3 aromatic rings. The lowest BCUT2D eigenvalue weighted by Gasteiger charge is -2.27. The molecule has 1 fully saturated rings. The van der Waals surface area contributed by atoms with Crippen molar-refractivity contribution >= 4 is 29.7 Å². The smallest absolute Gasteiger partial charge is 0.410 e. The van der Waals surface area contributed by atoms with Crippen LogP contribution < -0.4 is 20.7 Å². The molecule has 0 aliphatic carbocycles. The molecule has 4 bridgehead atoms. The van der Waals surface area contributed by atoms with Crippen molar-refractivity contribution < 1.29 is 33.4 Å². The minimum atomic E-state index is -0.961. The van der Waals surface area contributed by atoms with Crippen molar-refractivity contribution in [3.8, 4) is 5.75 Å². The fraction of sp³-hybridized carbons (Fsp3) is 0.457. The number of hydrogen-bond acceptors (Lipinski definition) is 9. The minimum Gasteiger partial charge on any atom is -0.492 e. The van der Waals surface area contributed by atoms with Gasteiger partial charge in [0, 0.05) is 38.7 Å². The molecule has 3 heterocycles. The Labute approximate surface area is 290 Å². The molecule has 2 aliphatic rings. The van der Waals surface area contributed by atoms with Crippen LogP contribution in [0.4, 0.5) is 4.79 Å². The van der Waals surface area contributed by atoms with Crippen LogP contribution in [0.25, 0.3) is 0 Å². The fourth-order valence-corrected chi connectivity index (χ4v) is 5.71. The van der Waals surface area contributed by atoms with Crippen LogP contribution >= 0.6 is 0 Å². The standard InChI is InChI=1S/C35H44N8O7/c1-24(2)32-34(47)37-29(20-25-7-4-3-5-8-25)33(46)36-12-14-41(31(45)23-42-15-17-50-35(42)48)13-11-27-22-43(40-39-27)16-18-49-28-10-6-9-26(19-28)21-30(44)38-32/h3-10,19,22,24,29,32H,11-18,20-21,23H2,1-2H3,(H,36,46)(H,37,47)(H,38,44)/t29-,32+/m0/s1. The van der Waals surface area contributed by atoms with Gasteiger partial charge >= 0.3 is 6.09 Å². The van der Waals surface area contributed by atoms with Crippen molar-refractivity contribution in [1.29, 1.82) is 0 Å². The topological polar surface area (TPSA) is 177 Å². The Hall–Kier alpha value is -5.47. The molecular formula is C35H44N8O7. The number of ether oxygens (including phenoxy) is 2. The Morgan fingerprint density at radius 3 is 2.48 bits per heavy atom. The zero-order valence-corrected chi connectivity index (χ0v) is 28.4. The Morgan fingerprint density at radius 1 is 0.920 bits per heavy atom. The summed E-state index contributed by atoms with van der Waals surface area (Å²) in [5.41, 5.74) is 2.20. The molecule has 0 saturated carbocycles. The van der Waals surface area contributed by atoms with Crippen LogP contribution in [-0.4, -0.2) is 113 Å². The van der Waals surface area contributed by atoms with E-state index in [1.54, 1.807) is 34.0 Å². The van der Waals surface area contributed by atoms with Gasteiger partial charge in [-0.3, -0.25) is 24.1 Å². The highest BCUT2D eigenvalue weighted by Crippen LogP contribution is 2.15. The third-order valence-corrected chi connectivity index (χ3v) is 8.46. The van der Waals surface area contributed by atoms with E-state index in [-0.39, 0.29) is 63.4 Å². The molecule has 0 unspecified atom stereocenters. The maximum Gasteiger partial charge on any atom is 0.410 e. The molecule has 2 aromatic carbocycles. The van der Waals surface area contributed by atoms with E-state index in [1.807, 2.05) is 50.2 Å². The van der Waals surface area contributed by atoms with E-state index >= 15 is 0 Å². The van der Waals surface area contributed by atoms with E-state index in [1.165, 1.54) is 4.90 Å². The largest absolute Gasteiger partial charge is 0.492 e. The number of nitrogens with one attached hydrogen (secondary N) is 3. The van der Waals surface area contributed by atoms with Crippen LogP contribution in [0.15, 0.2) is 60.8 Å². The van der Waals surface area contributed by atoms with Gasteiger partial charge in [0.2, 0.25) is 23.6 Å². The highest BCUT2D eigenvalue weighted by Gasteiger charge is 2.30. The van der Waals surface area contributed by atoms with Crippen molar-refractivity contribution in [2.45, 2.75) is 51.7 Å². The lowest BCUT2D eigenvalue weighted by molar-refractivity contribution is -0.133. The molecule has 266 valence electrons. The average Bonchev–Trinajstić information content (AvgIpc) is 3.72. The van der Waals surface area contributed by atoms with Crippen molar-refractivity contribution in [1.82, 2.24) is 40.7 Å². The molecule has 3 N–H and O–H groups in total. The summed E-state index contributed by atoms with van der Waals surface area (Å²) in [4.78, 5) is 68.8. The van der Waals surface area contributed by atoms with Crippen LogP contribution in [0.3, 0.4) is 0 Å². The Kier molecular flexibility index (Phi) is 12.4.